The first kappa shape index (κ1) is 22.8. The Morgan fingerprint density at radius 2 is 1.50 bits per heavy atom. The van der Waals surface area contributed by atoms with E-state index in [1.807, 2.05) is 13.8 Å². The van der Waals surface area contributed by atoms with E-state index >= 15 is 0 Å². The van der Waals surface area contributed by atoms with E-state index in [4.69, 9.17) is 9.26 Å². The third-order valence-corrected chi connectivity index (χ3v) is 7.95. The number of esters is 1. The van der Waals surface area contributed by atoms with Crippen LogP contribution in [-0.2, 0) is 34.2 Å². The molecule has 0 bridgehead atoms. The van der Waals surface area contributed by atoms with Crippen molar-refractivity contribution in [3.63, 3.8) is 0 Å². The van der Waals surface area contributed by atoms with Crippen molar-refractivity contribution in [2.45, 2.75) is 51.4 Å². The van der Waals surface area contributed by atoms with Gasteiger partial charge >= 0.3 is 5.97 Å². The van der Waals surface area contributed by atoms with Crippen molar-refractivity contribution < 1.29 is 14.1 Å². The lowest BCUT2D eigenvalue weighted by atomic mass is 9.92. The summed E-state index contributed by atoms with van der Waals surface area (Å²) in [5.41, 5.74) is 9.09. The van der Waals surface area contributed by atoms with Crippen molar-refractivity contribution in [2.24, 2.45) is 5.92 Å². The Hall–Kier alpha value is -3.66. The summed E-state index contributed by atoms with van der Waals surface area (Å²) in [5, 5.41) is 4.32. The van der Waals surface area contributed by atoms with Gasteiger partial charge in [-0.3, -0.25) is 4.79 Å². The predicted octanol–water partition coefficient (Wildman–Crippen LogP) is 6.87. The lowest BCUT2D eigenvalue weighted by molar-refractivity contribution is -0.146. The summed E-state index contributed by atoms with van der Waals surface area (Å²) in [6, 6.07) is 25.6. The minimum Gasteiger partial charge on any atom is -0.465 e. The van der Waals surface area contributed by atoms with Gasteiger partial charge in [0.15, 0.2) is 5.76 Å². The van der Waals surface area contributed by atoms with Gasteiger partial charge in [0.05, 0.1) is 17.7 Å². The summed E-state index contributed by atoms with van der Waals surface area (Å²) >= 11 is 0. The molecule has 1 heterocycles. The van der Waals surface area contributed by atoms with Gasteiger partial charge in [-0.05, 0) is 79.7 Å². The van der Waals surface area contributed by atoms with Gasteiger partial charge in [0, 0.05) is 11.1 Å². The number of aryl methyl sites for hydroxylation is 1. The quantitative estimate of drug-likeness (QED) is 0.273. The second-order valence-corrected chi connectivity index (χ2v) is 10.3. The molecule has 1 saturated carbocycles. The first-order chi connectivity index (χ1) is 17.6. The number of carbonyl (C=O) groups excluding carboxylic acids is 1. The van der Waals surface area contributed by atoms with E-state index in [0.717, 1.165) is 65.8 Å². The van der Waals surface area contributed by atoms with Crippen LogP contribution < -0.4 is 0 Å². The standard InChI is InChI=1S/C32H31NO3/c1-3-35-31(34)32(16-17-32)28-14-12-24(13-15-28)23-8-10-25(11-9-23)30-29(21(2)33-36-30)20-22-18-26-6-4-5-7-27(26)19-22/h4-15,22H,3,16-20H2,1-2H3. The summed E-state index contributed by atoms with van der Waals surface area (Å²) < 4.78 is 11.1. The molecule has 4 nitrogen and oxygen atoms in total. The zero-order valence-corrected chi connectivity index (χ0v) is 20.9. The van der Waals surface area contributed by atoms with E-state index < -0.39 is 5.41 Å². The largest absolute Gasteiger partial charge is 0.465 e. The van der Waals surface area contributed by atoms with Crippen molar-refractivity contribution in [2.75, 3.05) is 6.61 Å². The van der Waals surface area contributed by atoms with E-state index in [0.29, 0.717) is 12.5 Å². The van der Waals surface area contributed by atoms with Crippen LogP contribution in [0.25, 0.3) is 22.5 Å². The fourth-order valence-corrected chi connectivity index (χ4v) is 5.74. The average Bonchev–Trinajstić information content (AvgIpc) is 3.50. The van der Waals surface area contributed by atoms with Gasteiger partial charge in [0.1, 0.15) is 0 Å². The van der Waals surface area contributed by atoms with Gasteiger partial charge in [-0.15, -0.1) is 0 Å². The van der Waals surface area contributed by atoms with Crippen LogP contribution in [0.4, 0.5) is 0 Å². The molecule has 36 heavy (non-hydrogen) atoms. The summed E-state index contributed by atoms with van der Waals surface area (Å²) in [6.45, 7) is 4.33. The SMILES string of the molecule is CCOC(=O)C1(c2ccc(-c3ccc(-c4onc(C)c4CC4Cc5ccccc5C4)cc3)cc2)CC1. The van der Waals surface area contributed by atoms with E-state index in [1.165, 1.54) is 16.7 Å². The molecule has 3 aromatic carbocycles. The van der Waals surface area contributed by atoms with Gasteiger partial charge in [-0.1, -0.05) is 78.0 Å². The van der Waals surface area contributed by atoms with Crippen LogP contribution in [0.1, 0.15) is 47.7 Å². The van der Waals surface area contributed by atoms with E-state index in [9.17, 15) is 4.79 Å². The number of ether oxygens (including phenoxy) is 1. The molecular weight excluding hydrogens is 446 g/mol. The monoisotopic (exact) mass is 477 g/mol. The third kappa shape index (κ3) is 4.05. The Bertz CT molecular complexity index is 1370. The maximum Gasteiger partial charge on any atom is 0.316 e. The van der Waals surface area contributed by atoms with Crippen LogP contribution in [0.5, 0.6) is 0 Å². The van der Waals surface area contributed by atoms with Crippen LogP contribution in [0.3, 0.4) is 0 Å². The molecular formula is C32H31NO3. The van der Waals surface area contributed by atoms with Crippen molar-refractivity contribution in [1.82, 2.24) is 5.16 Å². The molecule has 0 radical (unpaired) electrons. The van der Waals surface area contributed by atoms with Crippen LogP contribution in [0.15, 0.2) is 77.3 Å². The summed E-state index contributed by atoms with van der Waals surface area (Å²) in [7, 11) is 0. The fourth-order valence-electron chi connectivity index (χ4n) is 5.74. The second-order valence-electron chi connectivity index (χ2n) is 10.3. The highest BCUT2D eigenvalue weighted by molar-refractivity contribution is 5.87. The Morgan fingerprint density at radius 1 is 0.917 bits per heavy atom. The average molecular weight is 478 g/mol. The third-order valence-electron chi connectivity index (χ3n) is 7.95. The Kier molecular flexibility index (Phi) is 5.75. The first-order valence-electron chi connectivity index (χ1n) is 13.0. The number of hydrogen-bond donors (Lipinski definition) is 0. The van der Waals surface area contributed by atoms with E-state index in [-0.39, 0.29) is 5.97 Å². The Morgan fingerprint density at radius 3 is 2.08 bits per heavy atom. The molecule has 182 valence electrons. The first-order valence-corrected chi connectivity index (χ1v) is 13.0. The van der Waals surface area contributed by atoms with Crippen molar-refractivity contribution >= 4 is 5.97 Å². The number of benzene rings is 3. The number of fused-ring (bicyclic) bond motifs is 1. The van der Waals surface area contributed by atoms with Gasteiger partial charge < -0.3 is 9.26 Å². The molecule has 2 aliphatic rings. The van der Waals surface area contributed by atoms with Crippen molar-refractivity contribution in [3.8, 4) is 22.5 Å². The Balaban J connectivity index is 1.19. The second kappa shape index (κ2) is 9.09. The molecule has 0 N–H and O–H groups in total. The van der Waals surface area contributed by atoms with Gasteiger partial charge in [-0.2, -0.15) is 0 Å². The van der Waals surface area contributed by atoms with Crippen LogP contribution in [-0.4, -0.2) is 17.7 Å². The minimum atomic E-state index is -0.431. The van der Waals surface area contributed by atoms with E-state index in [2.05, 4.69) is 78.0 Å². The maximum absolute atomic E-state index is 12.4. The predicted molar refractivity (Wildman–Crippen MR) is 141 cm³/mol. The molecule has 2 aliphatic carbocycles. The van der Waals surface area contributed by atoms with E-state index in [1.54, 1.807) is 0 Å². The Labute approximate surface area is 212 Å². The van der Waals surface area contributed by atoms with Crippen molar-refractivity contribution in [3.05, 3.63) is 101 Å². The normalized spacial score (nSPS) is 16.1. The van der Waals surface area contributed by atoms with Gasteiger partial charge in [0.2, 0.25) is 0 Å². The number of hydrogen-bond acceptors (Lipinski definition) is 4. The van der Waals surface area contributed by atoms with Gasteiger partial charge in [-0.25, -0.2) is 0 Å². The van der Waals surface area contributed by atoms with Crippen LogP contribution >= 0.6 is 0 Å². The summed E-state index contributed by atoms with van der Waals surface area (Å²) in [6.07, 6.45) is 4.95. The maximum atomic E-state index is 12.4. The number of carbonyl (C=O) groups is 1. The summed E-state index contributed by atoms with van der Waals surface area (Å²) in [5.74, 6) is 1.37. The van der Waals surface area contributed by atoms with Crippen LogP contribution in [0, 0.1) is 12.8 Å². The highest BCUT2D eigenvalue weighted by Crippen LogP contribution is 2.49. The molecule has 0 spiro atoms. The molecule has 0 aliphatic heterocycles. The highest BCUT2D eigenvalue weighted by Gasteiger charge is 2.52. The molecule has 4 heteroatoms. The smallest absolute Gasteiger partial charge is 0.316 e. The molecule has 1 fully saturated rings. The molecule has 0 saturated heterocycles. The molecule has 0 unspecified atom stereocenters. The number of nitrogens with zero attached hydrogens (tertiary/aromatic N) is 1. The number of aromatic nitrogens is 1. The lowest BCUT2D eigenvalue weighted by Crippen LogP contribution is -2.23. The molecule has 1 aromatic heterocycles. The number of rotatable bonds is 7. The molecule has 0 atom stereocenters. The highest BCUT2D eigenvalue weighted by atomic mass is 16.5. The zero-order valence-electron chi connectivity index (χ0n) is 20.9. The lowest BCUT2D eigenvalue weighted by Gasteiger charge is -2.14. The van der Waals surface area contributed by atoms with Crippen molar-refractivity contribution in [1.29, 1.82) is 0 Å². The molecule has 6 rings (SSSR count). The summed E-state index contributed by atoms with van der Waals surface area (Å²) in [4.78, 5) is 12.4. The molecule has 0 amide bonds. The molecule has 4 aromatic rings. The van der Waals surface area contributed by atoms with Gasteiger partial charge in [0.25, 0.3) is 0 Å². The fraction of sp³-hybridized carbons (Fsp3) is 0.312. The minimum absolute atomic E-state index is 0.0956. The van der Waals surface area contributed by atoms with Crippen LogP contribution in [0.2, 0.25) is 0 Å². The zero-order chi connectivity index (χ0) is 24.7. The topological polar surface area (TPSA) is 52.3 Å².